The predicted molar refractivity (Wildman–Crippen MR) is 86.7 cm³/mol. The monoisotopic (exact) mass is 350 g/mol. The Balaban J connectivity index is 1.86. The zero-order valence-electron chi connectivity index (χ0n) is 13.4. The van der Waals surface area contributed by atoms with Crippen LogP contribution in [0.4, 0.5) is 0 Å². The SMILES string of the molecule is COc1ccc(S(=O)(=O)c2ccc(OCC3CO3)cc2)c(OC)c1. The number of hydrogen-bond acceptors (Lipinski definition) is 6. The third-order valence-corrected chi connectivity index (χ3v) is 5.44. The van der Waals surface area contributed by atoms with Gasteiger partial charge in [0.25, 0.3) is 0 Å². The van der Waals surface area contributed by atoms with Crippen LogP contribution in [0.1, 0.15) is 0 Å². The second kappa shape index (κ2) is 6.70. The molecule has 3 rings (SSSR count). The fourth-order valence-electron chi connectivity index (χ4n) is 2.19. The van der Waals surface area contributed by atoms with Crippen molar-refractivity contribution in [3.63, 3.8) is 0 Å². The summed E-state index contributed by atoms with van der Waals surface area (Å²) in [5.41, 5.74) is 0. The topological polar surface area (TPSA) is 74.4 Å². The fraction of sp³-hybridized carbons (Fsp3) is 0.294. The smallest absolute Gasteiger partial charge is 0.210 e. The first-order valence-corrected chi connectivity index (χ1v) is 8.84. The molecule has 2 aromatic rings. The minimum atomic E-state index is -3.70. The van der Waals surface area contributed by atoms with Crippen LogP contribution in [0.15, 0.2) is 52.3 Å². The Morgan fingerprint density at radius 1 is 1.04 bits per heavy atom. The van der Waals surface area contributed by atoms with E-state index in [0.29, 0.717) is 24.7 Å². The predicted octanol–water partition coefficient (Wildman–Crippen LogP) is 2.31. The molecule has 0 saturated carbocycles. The van der Waals surface area contributed by atoms with Crippen molar-refractivity contribution in [1.82, 2.24) is 0 Å². The summed E-state index contributed by atoms with van der Waals surface area (Å²) in [5.74, 6) is 1.36. The zero-order valence-corrected chi connectivity index (χ0v) is 14.2. The van der Waals surface area contributed by atoms with Crippen molar-refractivity contribution in [2.75, 3.05) is 27.4 Å². The number of sulfone groups is 1. The fourth-order valence-corrected chi connectivity index (χ4v) is 3.59. The second-order valence-corrected chi connectivity index (χ2v) is 7.18. The van der Waals surface area contributed by atoms with Gasteiger partial charge in [0, 0.05) is 6.07 Å². The van der Waals surface area contributed by atoms with Crippen molar-refractivity contribution in [1.29, 1.82) is 0 Å². The zero-order chi connectivity index (χ0) is 17.2. The Kier molecular flexibility index (Phi) is 4.64. The maximum absolute atomic E-state index is 12.8. The Morgan fingerprint density at radius 3 is 2.29 bits per heavy atom. The van der Waals surface area contributed by atoms with Crippen molar-refractivity contribution in [2.24, 2.45) is 0 Å². The molecule has 0 aliphatic carbocycles. The third-order valence-electron chi connectivity index (χ3n) is 3.63. The van der Waals surface area contributed by atoms with Crippen molar-refractivity contribution < 1.29 is 27.4 Å². The number of hydrogen-bond donors (Lipinski definition) is 0. The molecule has 0 spiro atoms. The van der Waals surface area contributed by atoms with Crippen LogP contribution in [0.3, 0.4) is 0 Å². The highest BCUT2D eigenvalue weighted by Crippen LogP contribution is 2.33. The maximum Gasteiger partial charge on any atom is 0.210 e. The van der Waals surface area contributed by atoms with E-state index in [0.717, 1.165) is 0 Å². The number of epoxide rings is 1. The van der Waals surface area contributed by atoms with Crippen LogP contribution in [0, 0.1) is 0 Å². The van der Waals surface area contributed by atoms with Gasteiger partial charge in [-0.25, -0.2) is 8.42 Å². The normalized spacial score (nSPS) is 16.5. The molecule has 7 heteroatoms. The highest BCUT2D eigenvalue weighted by atomic mass is 32.2. The lowest BCUT2D eigenvalue weighted by Gasteiger charge is -2.12. The highest BCUT2D eigenvalue weighted by Gasteiger charge is 2.24. The molecule has 1 heterocycles. The number of rotatable bonds is 7. The van der Waals surface area contributed by atoms with Crippen molar-refractivity contribution in [3.05, 3.63) is 42.5 Å². The van der Waals surface area contributed by atoms with Gasteiger partial charge in [-0.1, -0.05) is 0 Å². The van der Waals surface area contributed by atoms with Gasteiger partial charge in [-0.15, -0.1) is 0 Å². The highest BCUT2D eigenvalue weighted by molar-refractivity contribution is 7.91. The molecule has 2 aromatic carbocycles. The van der Waals surface area contributed by atoms with E-state index in [-0.39, 0.29) is 21.6 Å². The molecule has 128 valence electrons. The summed E-state index contributed by atoms with van der Waals surface area (Å²) in [6, 6.07) is 10.9. The molecule has 0 aromatic heterocycles. The lowest BCUT2D eigenvalue weighted by Crippen LogP contribution is -2.06. The van der Waals surface area contributed by atoms with E-state index in [1.54, 1.807) is 24.3 Å². The molecule has 24 heavy (non-hydrogen) atoms. The standard InChI is InChI=1S/C17H18O6S/c1-20-13-5-8-17(16(9-13)21-2)24(18,19)15-6-3-12(4-7-15)22-10-14-11-23-14/h3-9,14H,10-11H2,1-2H3. The van der Waals surface area contributed by atoms with E-state index in [4.69, 9.17) is 18.9 Å². The molecule has 1 unspecified atom stereocenters. The van der Waals surface area contributed by atoms with E-state index in [2.05, 4.69) is 0 Å². The van der Waals surface area contributed by atoms with Crippen molar-refractivity contribution in [2.45, 2.75) is 15.9 Å². The Bertz CT molecular complexity index is 809. The van der Waals surface area contributed by atoms with Gasteiger partial charge < -0.3 is 18.9 Å². The third kappa shape index (κ3) is 3.47. The molecule has 1 saturated heterocycles. The first kappa shape index (κ1) is 16.6. The summed E-state index contributed by atoms with van der Waals surface area (Å²) < 4.78 is 46.5. The summed E-state index contributed by atoms with van der Waals surface area (Å²) in [7, 11) is -0.774. The number of benzene rings is 2. The summed E-state index contributed by atoms with van der Waals surface area (Å²) in [5, 5.41) is 0. The van der Waals surface area contributed by atoms with E-state index in [1.807, 2.05) is 0 Å². The number of ether oxygens (including phenoxy) is 4. The van der Waals surface area contributed by atoms with Crippen molar-refractivity contribution >= 4 is 9.84 Å². The van der Waals surface area contributed by atoms with Crippen LogP contribution in [0.25, 0.3) is 0 Å². The lowest BCUT2D eigenvalue weighted by molar-refractivity contribution is 0.263. The van der Waals surface area contributed by atoms with Crippen LogP contribution in [0.5, 0.6) is 17.2 Å². The minimum Gasteiger partial charge on any atom is -0.497 e. The molecule has 0 bridgehead atoms. The first-order chi connectivity index (χ1) is 11.5. The van der Waals surface area contributed by atoms with Crippen LogP contribution in [-0.4, -0.2) is 42.0 Å². The van der Waals surface area contributed by atoms with Gasteiger partial charge in [0.15, 0.2) is 0 Å². The van der Waals surface area contributed by atoms with Gasteiger partial charge in [0.1, 0.15) is 34.9 Å². The summed E-state index contributed by atoms with van der Waals surface area (Å²) in [4.78, 5) is 0.256. The molecule has 1 aliphatic rings. The van der Waals surface area contributed by atoms with Crippen LogP contribution < -0.4 is 14.2 Å². The molecule has 1 atom stereocenters. The quantitative estimate of drug-likeness (QED) is 0.714. The van der Waals surface area contributed by atoms with E-state index in [9.17, 15) is 8.42 Å². The summed E-state index contributed by atoms with van der Waals surface area (Å²) in [6.45, 7) is 1.18. The largest absolute Gasteiger partial charge is 0.497 e. The molecule has 1 fully saturated rings. The molecule has 0 amide bonds. The van der Waals surface area contributed by atoms with Gasteiger partial charge in [-0.2, -0.15) is 0 Å². The Labute approximate surface area is 140 Å². The molecular formula is C17H18O6S. The van der Waals surface area contributed by atoms with Gasteiger partial charge in [-0.05, 0) is 36.4 Å². The first-order valence-electron chi connectivity index (χ1n) is 7.36. The van der Waals surface area contributed by atoms with Crippen LogP contribution in [-0.2, 0) is 14.6 Å². The lowest BCUT2D eigenvalue weighted by atomic mass is 10.3. The van der Waals surface area contributed by atoms with Gasteiger partial charge in [-0.3, -0.25) is 0 Å². The molecular weight excluding hydrogens is 332 g/mol. The average Bonchev–Trinajstić information content (AvgIpc) is 3.44. The Morgan fingerprint density at radius 2 is 1.71 bits per heavy atom. The minimum absolute atomic E-state index is 0.0887. The average molecular weight is 350 g/mol. The second-order valence-electron chi connectivity index (χ2n) is 5.26. The summed E-state index contributed by atoms with van der Waals surface area (Å²) in [6.07, 6.45) is 0.150. The Hall–Kier alpha value is -2.25. The molecule has 6 nitrogen and oxygen atoms in total. The molecule has 1 aliphatic heterocycles. The van der Waals surface area contributed by atoms with E-state index in [1.165, 1.54) is 32.4 Å². The van der Waals surface area contributed by atoms with E-state index >= 15 is 0 Å². The van der Waals surface area contributed by atoms with Crippen molar-refractivity contribution in [3.8, 4) is 17.2 Å². The van der Waals surface area contributed by atoms with E-state index < -0.39 is 9.84 Å². The van der Waals surface area contributed by atoms with Gasteiger partial charge >= 0.3 is 0 Å². The summed E-state index contributed by atoms with van der Waals surface area (Å²) >= 11 is 0. The molecule has 0 N–H and O–H groups in total. The van der Waals surface area contributed by atoms with Crippen LogP contribution >= 0.6 is 0 Å². The van der Waals surface area contributed by atoms with Gasteiger partial charge in [0.2, 0.25) is 9.84 Å². The maximum atomic E-state index is 12.8. The van der Waals surface area contributed by atoms with Crippen LogP contribution in [0.2, 0.25) is 0 Å². The molecule has 0 radical (unpaired) electrons. The van der Waals surface area contributed by atoms with Gasteiger partial charge in [0.05, 0.1) is 25.7 Å². The number of methoxy groups -OCH3 is 2.